The summed E-state index contributed by atoms with van der Waals surface area (Å²) >= 11 is 0. The predicted molar refractivity (Wildman–Crippen MR) is 90.4 cm³/mol. The second kappa shape index (κ2) is 7.50. The normalized spacial score (nSPS) is 17.2. The second-order valence-electron chi connectivity index (χ2n) is 6.52. The number of rotatable bonds is 4. The second-order valence-corrected chi connectivity index (χ2v) is 6.52. The van der Waals surface area contributed by atoms with Crippen LogP contribution in [0, 0.1) is 19.8 Å². The number of carbonyl (C=O) groups excluding carboxylic acids is 2. The Bertz CT molecular complexity index is 755. The molecule has 2 heterocycles. The van der Waals surface area contributed by atoms with Gasteiger partial charge in [0.05, 0.1) is 12.5 Å². The third kappa shape index (κ3) is 4.26. The first-order valence-corrected chi connectivity index (χ1v) is 8.17. The van der Waals surface area contributed by atoms with E-state index in [9.17, 15) is 19.2 Å². The fraction of sp³-hybridized carbons (Fsp3) is 0.529. The Morgan fingerprint density at radius 3 is 2.64 bits per heavy atom. The van der Waals surface area contributed by atoms with Gasteiger partial charge in [0, 0.05) is 25.8 Å². The molecule has 2 N–H and O–H groups in total. The van der Waals surface area contributed by atoms with E-state index in [-0.39, 0.29) is 24.6 Å². The third-order valence-corrected chi connectivity index (χ3v) is 4.42. The van der Waals surface area contributed by atoms with Crippen LogP contribution in [-0.2, 0) is 9.59 Å². The summed E-state index contributed by atoms with van der Waals surface area (Å²) in [5, 5.41) is 9.10. The van der Waals surface area contributed by atoms with Crippen molar-refractivity contribution >= 4 is 17.8 Å². The van der Waals surface area contributed by atoms with Gasteiger partial charge < -0.3 is 19.9 Å². The van der Waals surface area contributed by atoms with Gasteiger partial charge in [0.15, 0.2) is 0 Å². The van der Waals surface area contributed by atoms with Gasteiger partial charge in [0.2, 0.25) is 5.91 Å². The smallest absolute Gasteiger partial charge is 0.308 e. The van der Waals surface area contributed by atoms with Gasteiger partial charge in [0.25, 0.3) is 11.5 Å². The van der Waals surface area contributed by atoms with E-state index in [0.717, 1.165) is 0 Å². The average molecular weight is 349 g/mol. The quantitative estimate of drug-likeness (QED) is 0.817. The summed E-state index contributed by atoms with van der Waals surface area (Å²) in [4.78, 5) is 53.3. The van der Waals surface area contributed by atoms with Crippen LogP contribution in [0.15, 0.2) is 10.9 Å². The van der Waals surface area contributed by atoms with Gasteiger partial charge in [-0.15, -0.1) is 0 Å². The first-order chi connectivity index (χ1) is 11.7. The van der Waals surface area contributed by atoms with E-state index in [1.807, 2.05) is 0 Å². The molecule has 0 spiro atoms. The molecular weight excluding hydrogens is 326 g/mol. The number of aromatic nitrogens is 1. The van der Waals surface area contributed by atoms with Crippen LogP contribution in [-0.4, -0.2) is 64.4 Å². The Kier molecular flexibility index (Phi) is 5.61. The molecule has 1 aromatic rings. The molecule has 136 valence electrons. The van der Waals surface area contributed by atoms with Crippen molar-refractivity contribution in [3.05, 3.63) is 33.2 Å². The van der Waals surface area contributed by atoms with Gasteiger partial charge in [-0.3, -0.25) is 19.2 Å². The molecule has 1 unspecified atom stereocenters. The van der Waals surface area contributed by atoms with Crippen molar-refractivity contribution < 1.29 is 19.5 Å². The van der Waals surface area contributed by atoms with E-state index in [4.69, 9.17) is 5.11 Å². The molecule has 1 fully saturated rings. The fourth-order valence-corrected chi connectivity index (χ4v) is 3.09. The molecule has 1 aliphatic rings. The minimum absolute atomic E-state index is 0.0166. The Labute approximate surface area is 145 Å². The highest BCUT2D eigenvalue weighted by molar-refractivity contribution is 5.97. The summed E-state index contributed by atoms with van der Waals surface area (Å²) in [5.41, 5.74) is 0.744. The molecule has 2 amide bonds. The maximum absolute atomic E-state index is 12.5. The molecule has 0 radical (unpaired) electrons. The van der Waals surface area contributed by atoms with Crippen LogP contribution in [0.1, 0.15) is 34.5 Å². The monoisotopic (exact) mass is 349 g/mol. The number of nitrogens with one attached hydrogen (secondary N) is 1. The van der Waals surface area contributed by atoms with Gasteiger partial charge in [-0.25, -0.2) is 0 Å². The molecule has 1 aromatic heterocycles. The van der Waals surface area contributed by atoms with E-state index in [1.54, 1.807) is 19.9 Å². The topological polar surface area (TPSA) is 111 Å². The number of likely N-dealkylation sites (N-methyl/N-ethyl adjacent to an activating group) is 1. The zero-order chi connectivity index (χ0) is 18.7. The largest absolute Gasteiger partial charge is 0.481 e. The van der Waals surface area contributed by atoms with E-state index >= 15 is 0 Å². The summed E-state index contributed by atoms with van der Waals surface area (Å²) in [6.07, 6.45) is 1.17. The highest BCUT2D eigenvalue weighted by atomic mass is 16.4. The molecule has 2 rings (SSSR count). The Morgan fingerprint density at radius 1 is 1.36 bits per heavy atom. The van der Waals surface area contributed by atoms with Gasteiger partial charge in [0.1, 0.15) is 5.56 Å². The van der Waals surface area contributed by atoms with Crippen molar-refractivity contribution in [2.75, 3.05) is 26.7 Å². The lowest BCUT2D eigenvalue weighted by molar-refractivity contribution is -0.145. The number of aliphatic carboxylic acids is 1. The molecule has 25 heavy (non-hydrogen) atoms. The van der Waals surface area contributed by atoms with E-state index < -0.39 is 23.4 Å². The number of carbonyl (C=O) groups is 3. The molecule has 8 nitrogen and oxygen atoms in total. The number of H-pyrrole nitrogens is 1. The molecular formula is C17H23N3O5. The fourth-order valence-electron chi connectivity index (χ4n) is 3.09. The molecule has 0 aliphatic carbocycles. The lowest BCUT2D eigenvalue weighted by atomic mass is 9.98. The standard InChI is InChI=1S/C17H23N3O5/c1-10-7-11(2)18-15(22)14(10)16(23)19(3)9-13(21)20-6-4-5-12(8-20)17(24)25/h7,12H,4-6,8-9H2,1-3H3,(H,18,22)(H,24,25). The first kappa shape index (κ1) is 18.7. The zero-order valence-electron chi connectivity index (χ0n) is 14.7. The van der Waals surface area contributed by atoms with Crippen molar-refractivity contribution in [2.45, 2.75) is 26.7 Å². The van der Waals surface area contributed by atoms with Crippen LogP contribution in [0.5, 0.6) is 0 Å². The highest BCUT2D eigenvalue weighted by Crippen LogP contribution is 2.17. The number of carboxylic acids is 1. The molecule has 1 atom stereocenters. The number of amides is 2. The number of aromatic amines is 1. The maximum Gasteiger partial charge on any atom is 0.308 e. The summed E-state index contributed by atoms with van der Waals surface area (Å²) in [6, 6.07) is 1.70. The van der Waals surface area contributed by atoms with Crippen LogP contribution >= 0.6 is 0 Å². The third-order valence-electron chi connectivity index (χ3n) is 4.42. The molecule has 1 aliphatic heterocycles. The number of hydrogen-bond acceptors (Lipinski definition) is 4. The van der Waals surface area contributed by atoms with Crippen molar-refractivity contribution in [2.24, 2.45) is 5.92 Å². The number of likely N-dealkylation sites (tertiary alicyclic amines) is 1. The van der Waals surface area contributed by atoms with Crippen molar-refractivity contribution in [1.82, 2.24) is 14.8 Å². The number of nitrogens with zero attached hydrogens (tertiary/aromatic N) is 2. The Morgan fingerprint density at radius 2 is 2.04 bits per heavy atom. The van der Waals surface area contributed by atoms with E-state index in [1.165, 1.54) is 16.8 Å². The number of hydrogen-bond donors (Lipinski definition) is 2. The molecule has 8 heteroatoms. The SMILES string of the molecule is Cc1cc(C)c(C(=O)N(C)CC(=O)N2CCCC(C(=O)O)C2)c(=O)[nH]1. The highest BCUT2D eigenvalue weighted by Gasteiger charge is 2.29. The van der Waals surface area contributed by atoms with Crippen LogP contribution in [0.25, 0.3) is 0 Å². The minimum Gasteiger partial charge on any atom is -0.481 e. The number of piperidine rings is 1. The Balaban J connectivity index is 2.07. The van der Waals surface area contributed by atoms with Crippen LogP contribution in [0.2, 0.25) is 0 Å². The summed E-state index contributed by atoms with van der Waals surface area (Å²) in [5.74, 6) is -2.33. The molecule has 1 saturated heterocycles. The lowest BCUT2D eigenvalue weighted by Gasteiger charge is -2.32. The number of aryl methyl sites for hydroxylation is 2. The molecule has 0 aromatic carbocycles. The number of pyridine rings is 1. The van der Waals surface area contributed by atoms with Gasteiger partial charge >= 0.3 is 5.97 Å². The van der Waals surface area contributed by atoms with Crippen molar-refractivity contribution in [1.29, 1.82) is 0 Å². The summed E-state index contributed by atoms with van der Waals surface area (Å²) in [6.45, 7) is 3.84. The zero-order valence-corrected chi connectivity index (χ0v) is 14.7. The van der Waals surface area contributed by atoms with Gasteiger partial charge in [-0.05, 0) is 38.3 Å². The lowest BCUT2D eigenvalue weighted by Crippen LogP contribution is -2.47. The predicted octanol–water partition coefficient (Wildman–Crippen LogP) is 0.387. The van der Waals surface area contributed by atoms with E-state index in [2.05, 4.69) is 4.98 Å². The van der Waals surface area contributed by atoms with Crippen molar-refractivity contribution in [3.8, 4) is 0 Å². The Hall–Kier alpha value is -2.64. The minimum atomic E-state index is -0.913. The molecule has 0 bridgehead atoms. The van der Waals surface area contributed by atoms with Crippen molar-refractivity contribution in [3.63, 3.8) is 0 Å². The van der Waals surface area contributed by atoms with Crippen LogP contribution in [0.4, 0.5) is 0 Å². The average Bonchev–Trinajstić information content (AvgIpc) is 2.53. The van der Waals surface area contributed by atoms with Crippen LogP contribution in [0.3, 0.4) is 0 Å². The maximum atomic E-state index is 12.5. The van der Waals surface area contributed by atoms with Gasteiger partial charge in [-0.1, -0.05) is 0 Å². The van der Waals surface area contributed by atoms with Crippen LogP contribution < -0.4 is 5.56 Å². The summed E-state index contributed by atoms with van der Waals surface area (Å²) in [7, 11) is 1.46. The molecule has 0 saturated carbocycles. The van der Waals surface area contributed by atoms with E-state index in [0.29, 0.717) is 30.6 Å². The van der Waals surface area contributed by atoms with Gasteiger partial charge in [-0.2, -0.15) is 0 Å². The number of carboxylic acid groups (broad SMARTS) is 1. The first-order valence-electron chi connectivity index (χ1n) is 8.17. The summed E-state index contributed by atoms with van der Waals surface area (Å²) < 4.78 is 0.